The van der Waals surface area contributed by atoms with E-state index in [1.807, 2.05) is 85.8 Å². The molecule has 7 aromatic carbocycles. The predicted molar refractivity (Wildman–Crippen MR) is 336 cm³/mol. The van der Waals surface area contributed by atoms with Crippen LogP contribution in [0.1, 0.15) is 50.9 Å². The molecule has 0 unspecified atom stereocenters. The third-order valence-electron chi connectivity index (χ3n) is 12.3. The first-order chi connectivity index (χ1) is 39.7. The van der Waals surface area contributed by atoms with Gasteiger partial charge in [0.05, 0.1) is 34.2 Å². The maximum atomic E-state index is 13.7. The van der Waals surface area contributed by atoms with E-state index < -0.39 is 10.1 Å². The van der Waals surface area contributed by atoms with Crippen molar-refractivity contribution >= 4 is 80.7 Å². The summed E-state index contributed by atoms with van der Waals surface area (Å²) in [6, 6.07) is 76.4. The summed E-state index contributed by atoms with van der Waals surface area (Å²) in [4.78, 5) is 22.1. The molecule has 81 heavy (non-hydrogen) atoms. The molecule has 0 bridgehead atoms. The lowest BCUT2D eigenvalue weighted by Gasteiger charge is -2.14. The molecule has 15 heteroatoms. The van der Waals surface area contributed by atoms with E-state index in [4.69, 9.17) is 28.6 Å². The van der Waals surface area contributed by atoms with Crippen LogP contribution in [0.25, 0.3) is 0 Å². The number of pyridine rings is 3. The van der Waals surface area contributed by atoms with Crippen LogP contribution in [-0.4, -0.2) is 23.4 Å². The molecule has 3 aromatic heterocycles. The second-order valence-electron chi connectivity index (χ2n) is 18.4. The zero-order valence-electron chi connectivity index (χ0n) is 44.3. The van der Waals surface area contributed by atoms with Crippen molar-refractivity contribution in [1.82, 2.24) is 15.0 Å². The average Bonchev–Trinajstić information content (AvgIpc) is 3.52. The Balaban J connectivity index is 0.810. The van der Waals surface area contributed by atoms with Crippen molar-refractivity contribution in [1.29, 1.82) is 0 Å². The van der Waals surface area contributed by atoms with Gasteiger partial charge in [0.1, 0.15) is 29.6 Å². The highest BCUT2D eigenvalue weighted by Gasteiger charge is 2.21. The van der Waals surface area contributed by atoms with Gasteiger partial charge in [0.15, 0.2) is 5.75 Å². The van der Waals surface area contributed by atoms with E-state index in [-0.39, 0.29) is 10.6 Å². The second kappa shape index (κ2) is 29.4. The van der Waals surface area contributed by atoms with Crippen LogP contribution in [0.3, 0.4) is 0 Å². The van der Waals surface area contributed by atoms with E-state index in [9.17, 15) is 8.42 Å². The molecule has 0 atom stereocenters. The van der Waals surface area contributed by atoms with Gasteiger partial charge in [0.2, 0.25) is 0 Å². The molecule has 0 saturated carbocycles. The van der Waals surface area contributed by atoms with Gasteiger partial charge in [-0.25, -0.2) is 0 Å². The number of thioether (sulfide) groups is 6. The minimum Gasteiger partial charge on any atom is -0.487 e. The molecule has 0 N–H and O–H groups in total. The summed E-state index contributed by atoms with van der Waals surface area (Å²) in [5.41, 5.74) is 8.08. The molecule has 0 spiro atoms. The van der Waals surface area contributed by atoms with Gasteiger partial charge in [-0.1, -0.05) is 115 Å². The Hall–Kier alpha value is -6.56. The molecule has 0 aliphatic carbocycles. The van der Waals surface area contributed by atoms with Gasteiger partial charge in [0, 0.05) is 63.9 Å². The van der Waals surface area contributed by atoms with E-state index in [1.165, 1.54) is 19.6 Å². The number of hydrogen-bond acceptors (Lipinski definition) is 14. The molecule has 0 saturated heterocycles. The zero-order chi connectivity index (χ0) is 55.5. The molecule has 10 aromatic rings. The van der Waals surface area contributed by atoms with Gasteiger partial charge in [0.25, 0.3) is 0 Å². The Morgan fingerprint density at radius 2 is 0.679 bits per heavy atom. The molecule has 8 nitrogen and oxygen atoms in total. The number of ether oxygens (including phenoxy) is 2. The van der Waals surface area contributed by atoms with Crippen molar-refractivity contribution < 1.29 is 22.1 Å². The van der Waals surface area contributed by atoms with Crippen molar-refractivity contribution in [2.45, 2.75) is 88.9 Å². The van der Waals surface area contributed by atoms with Crippen LogP contribution < -0.4 is 13.7 Å². The average molecular weight is 1200 g/mol. The molecule has 3 heterocycles. The second-order valence-corrected chi connectivity index (χ2v) is 26.3. The Bertz CT molecular complexity index is 3740. The standard InChI is InChI=1S/C66H57N3O5S7/c1-48-28-33-60(34-29-48)81(70,71)74-66-37-32-53(44-77-58-26-14-16-49(38-58)40-72-64-35-30-51(42-75-54-18-6-2-7-19-54)67-61(64)45-78-56-22-10-4-11-23-56)69-63(66)47-80-59-27-15-17-50(39-59)41-73-65-36-31-52(43-76-55-20-8-3-9-21-55)68-62(65)46-79-57-24-12-5-13-25-57/h2-39H,40-47H2,1H3. The monoisotopic (exact) mass is 1200 g/mol. The van der Waals surface area contributed by atoms with Crippen LogP contribution in [0, 0.1) is 6.92 Å². The lowest BCUT2D eigenvalue weighted by molar-refractivity contribution is 0.302. The molecular formula is C66H57N3O5S7. The first kappa shape index (κ1) is 57.7. The summed E-state index contributed by atoms with van der Waals surface area (Å²) in [5.74, 6) is 5.45. The fraction of sp³-hybridized carbons (Fsp3) is 0.136. The van der Waals surface area contributed by atoms with E-state index in [0.29, 0.717) is 41.9 Å². The van der Waals surface area contributed by atoms with Gasteiger partial charge in [-0.05, 0) is 139 Å². The summed E-state index contributed by atoms with van der Waals surface area (Å²) >= 11 is 10.2. The minimum atomic E-state index is -4.15. The topological polar surface area (TPSA) is 101 Å². The molecule has 408 valence electrons. The van der Waals surface area contributed by atoms with Crippen molar-refractivity contribution in [3.05, 3.63) is 281 Å². The largest absolute Gasteiger partial charge is 0.487 e. The Kier molecular flexibility index (Phi) is 20.9. The maximum absolute atomic E-state index is 13.7. The first-order valence-electron chi connectivity index (χ1n) is 26.1. The number of rotatable bonds is 27. The molecule has 0 fully saturated rings. The minimum absolute atomic E-state index is 0.0779. The van der Waals surface area contributed by atoms with Crippen LogP contribution in [0.2, 0.25) is 0 Å². The van der Waals surface area contributed by atoms with Crippen molar-refractivity contribution in [2.75, 3.05) is 0 Å². The van der Waals surface area contributed by atoms with Gasteiger partial charge in [-0.3, -0.25) is 15.0 Å². The Morgan fingerprint density at radius 3 is 1.09 bits per heavy atom. The molecule has 10 rings (SSSR count). The van der Waals surface area contributed by atoms with E-state index in [1.54, 1.807) is 101 Å². The van der Waals surface area contributed by atoms with Gasteiger partial charge >= 0.3 is 10.1 Å². The third-order valence-corrected chi connectivity index (χ3v) is 19.7. The lowest BCUT2D eigenvalue weighted by atomic mass is 10.2. The molecule has 0 aliphatic heterocycles. The van der Waals surface area contributed by atoms with E-state index in [0.717, 1.165) is 78.0 Å². The summed E-state index contributed by atoms with van der Waals surface area (Å²) in [6.07, 6.45) is 0. The first-order valence-corrected chi connectivity index (χ1v) is 33.4. The Labute approximate surface area is 501 Å². The molecular weight excluding hydrogens is 1140 g/mol. The highest BCUT2D eigenvalue weighted by Crippen LogP contribution is 2.35. The van der Waals surface area contributed by atoms with Gasteiger partial charge in [-0.15, -0.1) is 70.6 Å². The van der Waals surface area contributed by atoms with Crippen LogP contribution in [-0.2, 0) is 57.8 Å². The molecule has 0 radical (unpaired) electrons. The highest BCUT2D eigenvalue weighted by molar-refractivity contribution is 7.99. The van der Waals surface area contributed by atoms with Crippen molar-refractivity contribution in [3.63, 3.8) is 0 Å². The smallest absolute Gasteiger partial charge is 0.339 e. The third kappa shape index (κ3) is 17.7. The van der Waals surface area contributed by atoms with Crippen LogP contribution in [0.4, 0.5) is 0 Å². The molecule has 0 aliphatic rings. The van der Waals surface area contributed by atoms with Crippen molar-refractivity contribution in [3.8, 4) is 17.2 Å². The predicted octanol–water partition coefficient (Wildman–Crippen LogP) is 17.9. The number of aromatic nitrogens is 3. The number of nitrogens with zero attached hydrogens (tertiary/aromatic N) is 3. The van der Waals surface area contributed by atoms with Gasteiger partial charge < -0.3 is 13.7 Å². The number of hydrogen-bond donors (Lipinski definition) is 0. The summed E-state index contributed by atoms with van der Waals surface area (Å²) in [6.45, 7) is 2.63. The fourth-order valence-corrected chi connectivity index (χ4v) is 14.3. The fourth-order valence-electron chi connectivity index (χ4n) is 8.13. The van der Waals surface area contributed by atoms with Gasteiger partial charge in [-0.2, -0.15) is 8.42 Å². The van der Waals surface area contributed by atoms with Crippen LogP contribution in [0.5, 0.6) is 17.2 Å². The maximum Gasteiger partial charge on any atom is 0.339 e. The van der Waals surface area contributed by atoms with E-state index >= 15 is 0 Å². The normalized spacial score (nSPS) is 11.3. The quantitative estimate of drug-likeness (QED) is 0.0361. The van der Waals surface area contributed by atoms with Crippen LogP contribution in [0.15, 0.2) is 265 Å². The lowest BCUT2D eigenvalue weighted by Crippen LogP contribution is -2.12. The Morgan fingerprint density at radius 1 is 0.346 bits per heavy atom. The summed E-state index contributed by atoms with van der Waals surface area (Å²) < 4.78 is 46.3. The van der Waals surface area contributed by atoms with E-state index in [2.05, 4.69) is 121 Å². The highest BCUT2D eigenvalue weighted by atomic mass is 32.2. The van der Waals surface area contributed by atoms with Crippen LogP contribution >= 0.6 is 70.6 Å². The molecule has 0 amide bonds. The van der Waals surface area contributed by atoms with Crippen molar-refractivity contribution in [2.24, 2.45) is 0 Å². The SMILES string of the molecule is Cc1ccc(S(=O)(=O)Oc2ccc(CSc3cccc(COc4ccc(CSc5ccccc5)nc4CSc4ccccc4)c3)nc2CSc2cccc(COc3ccc(CSc4ccccc4)nc3CSc3ccccc3)c2)cc1. The summed E-state index contributed by atoms with van der Waals surface area (Å²) in [7, 11) is -4.15. The number of benzene rings is 7. The summed E-state index contributed by atoms with van der Waals surface area (Å²) in [5, 5.41) is 0. The zero-order valence-corrected chi connectivity index (χ0v) is 50.1. The number of aryl methyl sites for hydroxylation is 1.